The van der Waals surface area contributed by atoms with Crippen LogP contribution in [0.15, 0.2) is 40.5 Å². The molecule has 3 aromatic rings. The van der Waals surface area contributed by atoms with Gasteiger partial charge in [-0.05, 0) is 44.1 Å². The van der Waals surface area contributed by atoms with Crippen LogP contribution >= 0.6 is 34.9 Å². The third-order valence-electron chi connectivity index (χ3n) is 5.85. The summed E-state index contributed by atoms with van der Waals surface area (Å²) in [6.45, 7) is 7.01. The Kier molecular flexibility index (Phi) is 7.44. The molecule has 1 aliphatic rings. The number of hydrogen-bond acceptors (Lipinski definition) is 7. The van der Waals surface area contributed by atoms with Crippen molar-refractivity contribution in [2.24, 2.45) is 0 Å². The van der Waals surface area contributed by atoms with E-state index >= 15 is 0 Å². The highest BCUT2D eigenvalue weighted by atomic mass is 32.2. The minimum atomic E-state index is -0.161. The van der Waals surface area contributed by atoms with E-state index in [0.29, 0.717) is 12.4 Å². The molecule has 3 heterocycles. The lowest BCUT2D eigenvalue weighted by molar-refractivity contribution is -0.119. The third kappa shape index (κ3) is 5.30. The van der Waals surface area contributed by atoms with Crippen molar-refractivity contribution in [3.8, 4) is 0 Å². The summed E-state index contributed by atoms with van der Waals surface area (Å²) in [5, 5.41) is 5.89. The normalized spacial score (nSPS) is 19.0. The molecule has 0 saturated heterocycles. The highest BCUT2D eigenvalue weighted by Crippen LogP contribution is 2.43. The number of ether oxygens (including phenoxy) is 1. The first kappa shape index (κ1) is 23.5. The minimum absolute atomic E-state index is 0.0294. The Hall–Kier alpha value is -1.61. The summed E-state index contributed by atoms with van der Waals surface area (Å²) in [5.74, 6) is 0.368. The molecule has 1 amide bonds. The maximum Gasteiger partial charge on any atom is 0.230 e. The Morgan fingerprint density at radius 1 is 1.31 bits per heavy atom. The largest absolute Gasteiger partial charge is 0.369 e. The first-order valence-electron chi connectivity index (χ1n) is 10.9. The molecule has 2 aromatic heterocycles. The fraction of sp³-hybridized carbons (Fsp3) is 0.458. The van der Waals surface area contributed by atoms with Crippen LogP contribution in [0.4, 0.5) is 0 Å². The second-order valence-corrected chi connectivity index (χ2v) is 11.2. The fourth-order valence-electron chi connectivity index (χ4n) is 3.91. The van der Waals surface area contributed by atoms with Crippen LogP contribution < -0.4 is 5.32 Å². The number of thiophene rings is 1. The predicted molar refractivity (Wildman–Crippen MR) is 135 cm³/mol. The molecule has 4 rings (SSSR count). The van der Waals surface area contributed by atoms with Gasteiger partial charge in [-0.15, -0.1) is 11.3 Å². The van der Waals surface area contributed by atoms with Crippen LogP contribution in [0.1, 0.15) is 43.2 Å². The van der Waals surface area contributed by atoms with Gasteiger partial charge in [-0.2, -0.15) is 0 Å². The van der Waals surface area contributed by atoms with Crippen LogP contribution in [-0.4, -0.2) is 39.5 Å². The van der Waals surface area contributed by atoms with E-state index in [1.165, 1.54) is 39.5 Å². The van der Waals surface area contributed by atoms with E-state index < -0.39 is 0 Å². The van der Waals surface area contributed by atoms with Crippen LogP contribution in [0.25, 0.3) is 10.2 Å². The Balaban J connectivity index is 1.51. The lowest BCUT2D eigenvalue weighted by Crippen LogP contribution is -2.35. The summed E-state index contributed by atoms with van der Waals surface area (Å²) in [5.41, 5.74) is 2.36. The molecular weight excluding hydrogens is 458 g/mol. The SMILES string of the molecule is CC[C@@]1(C)Cc2c(sc3nc(SC)nc(SCC(=O)N[C@@H](C)Cc4ccccc4)c23)CO1. The van der Waals surface area contributed by atoms with Crippen molar-refractivity contribution in [1.82, 2.24) is 15.3 Å². The molecule has 0 unspecified atom stereocenters. The molecule has 32 heavy (non-hydrogen) atoms. The molecule has 1 N–H and O–H groups in total. The lowest BCUT2D eigenvalue weighted by atomic mass is 9.90. The Bertz CT molecular complexity index is 1100. The van der Waals surface area contributed by atoms with Crippen LogP contribution in [0.3, 0.4) is 0 Å². The summed E-state index contributed by atoms with van der Waals surface area (Å²) in [6.07, 6.45) is 4.62. The summed E-state index contributed by atoms with van der Waals surface area (Å²) < 4.78 is 6.14. The highest BCUT2D eigenvalue weighted by molar-refractivity contribution is 8.00. The number of benzene rings is 1. The fourth-order valence-corrected chi connectivity index (χ4v) is 6.43. The number of nitrogens with zero attached hydrogens (tertiary/aromatic N) is 2. The highest BCUT2D eigenvalue weighted by Gasteiger charge is 2.33. The molecule has 0 aliphatic carbocycles. The summed E-state index contributed by atoms with van der Waals surface area (Å²) in [7, 11) is 0. The third-order valence-corrected chi connectivity index (χ3v) is 8.47. The first-order valence-corrected chi connectivity index (χ1v) is 13.9. The first-order chi connectivity index (χ1) is 15.4. The van der Waals surface area contributed by atoms with Crippen molar-refractivity contribution in [3.05, 3.63) is 46.3 Å². The van der Waals surface area contributed by atoms with Crippen molar-refractivity contribution in [1.29, 1.82) is 0 Å². The molecule has 1 aliphatic heterocycles. The van der Waals surface area contributed by atoms with E-state index in [1.807, 2.05) is 31.4 Å². The minimum Gasteiger partial charge on any atom is -0.369 e. The van der Waals surface area contributed by atoms with E-state index in [0.717, 1.165) is 39.7 Å². The van der Waals surface area contributed by atoms with Crippen molar-refractivity contribution >= 4 is 51.0 Å². The molecule has 170 valence electrons. The Morgan fingerprint density at radius 3 is 2.81 bits per heavy atom. The van der Waals surface area contributed by atoms with Crippen LogP contribution in [0.2, 0.25) is 0 Å². The average molecular weight is 488 g/mol. The van der Waals surface area contributed by atoms with Gasteiger partial charge < -0.3 is 10.1 Å². The van der Waals surface area contributed by atoms with E-state index in [4.69, 9.17) is 14.7 Å². The van der Waals surface area contributed by atoms with Gasteiger partial charge in [0.25, 0.3) is 0 Å². The van der Waals surface area contributed by atoms with Crippen molar-refractivity contribution in [3.63, 3.8) is 0 Å². The van der Waals surface area contributed by atoms with Gasteiger partial charge in [0.15, 0.2) is 5.16 Å². The Morgan fingerprint density at radius 2 is 2.09 bits per heavy atom. The van der Waals surface area contributed by atoms with Crippen LogP contribution in [0, 0.1) is 0 Å². The number of amides is 1. The molecular formula is C24H29N3O2S3. The molecule has 0 radical (unpaired) electrons. The number of carbonyl (C=O) groups excluding carboxylic acids is 1. The topological polar surface area (TPSA) is 64.1 Å². The van der Waals surface area contributed by atoms with Crippen LogP contribution in [-0.2, 0) is 29.0 Å². The van der Waals surface area contributed by atoms with Crippen LogP contribution in [0.5, 0.6) is 0 Å². The molecule has 0 fully saturated rings. The van der Waals surface area contributed by atoms with Gasteiger partial charge in [-0.3, -0.25) is 4.79 Å². The monoisotopic (exact) mass is 487 g/mol. The van der Waals surface area contributed by atoms with Gasteiger partial charge in [0.05, 0.1) is 18.0 Å². The smallest absolute Gasteiger partial charge is 0.230 e. The number of thioether (sulfide) groups is 2. The number of carbonyl (C=O) groups is 1. The molecule has 8 heteroatoms. The van der Waals surface area contributed by atoms with E-state index in [9.17, 15) is 4.79 Å². The van der Waals surface area contributed by atoms with E-state index in [-0.39, 0.29) is 17.6 Å². The maximum atomic E-state index is 12.7. The average Bonchev–Trinajstić information content (AvgIpc) is 3.15. The quantitative estimate of drug-likeness (QED) is 0.257. The van der Waals surface area contributed by atoms with E-state index in [1.54, 1.807) is 11.3 Å². The van der Waals surface area contributed by atoms with Crippen molar-refractivity contribution in [2.75, 3.05) is 12.0 Å². The molecule has 0 bridgehead atoms. The molecule has 5 nitrogen and oxygen atoms in total. The Labute approximate surface area is 202 Å². The summed E-state index contributed by atoms with van der Waals surface area (Å²) in [6, 6.07) is 10.3. The van der Waals surface area contributed by atoms with E-state index in [2.05, 4.69) is 31.3 Å². The molecule has 1 aromatic carbocycles. The standard InChI is InChI=1S/C24H29N3O2S3/c1-5-24(3)12-17-18(13-29-24)32-22-20(17)21(26-23(27-22)30-4)31-14-19(28)25-15(2)11-16-9-7-6-8-10-16/h6-10,15H,5,11-14H2,1-4H3,(H,25,28)/t15-,24-/m0/s1. The molecule has 0 saturated carbocycles. The number of fused-ring (bicyclic) bond motifs is 3. The summed E-state index contributed by atoms with van der Waals surface area (Å²) in [4.78, 5) is 24.5. The van der Waals surface area contributed by atoms with Gasteiger partial charge in [0.2, 0.25) is 5.91 Å². The second-order valence-electron chi connectivity index (χ2n) is 8.42. The molecule has 2 atom stereocenters. The molecule has 0 spiro atoms. The van der Waals surface area contributed by atoms with Crippen molar-refractivity contribution < 1.29 is 9.53 Å². The van der Waals surface area contributed by atoms with Gasteiger partial charge >= 0.3 is 0 Å². The van der Waals surface area contributed by atoms with Gasteiger partial charge in [-0.1, -0.05) is 60.8 Å². The zero-order chi connectivity index (χ0) is 22.7. The maximum absolute atomic E-state index is 12.7. The second kappa shape index (κ2) is 10.1. The van der Waals surface area contributed by atoms with Gasteiger partial charge in [-0.25, -0.2) is 9.97 Å². The number of aromatic nitrogens is 2. The number of hydrogen-bond donors (Lipinski definition) is 1. The van der Waals surface area contributed by atoms with Gasteiger partial charge in [0.1, 0.15) is 9.86 Å². The number of rotatable bonds is 8. The lowest BCUT2D eigenvalue weighted by Gasteiger charge is -2.33. The predicted octanol–water partition coefficient (Wildman–Crippen LogP) is 5.49. The number of nitrogens with one attached hydrogen (secondary N) is 1. The zero-order valence-electron chi connectivity index (χ0n) is 18.9. The summed E-state index contributed by atoms with van der Waals surface area (Å²) >= 11 is 4.74. The van der Waals surface area contributed by atoms with Gasteiger partial charge in [0, 0.05) is 22.7 Å². The van der Waals surface area contributed by atoms with Crippen molar-refractivity contribution in [2.45, 2.75) is 68.5 Å². The zero-order valence-corrected chi connectivity index (χ0v) is 21.4.